The lowest BCUT2D eigenvalue weighted by Gasteiger charge is -2.15. The molecule has 0 spiro atoms. The zero-order chi connectivity index (χ0) is 13.0. The van der Waals surface area contributed by atoms with Crippen molar-refractivity contribution in [3.63, 3.8) is 0 Å². The van der Waals surface area contributed by atoms with Crippen molar-refractivity contribution in [2.45, 2.75) is 13.0 Å². The minimum absolute atomic E-state index is 0.176. The van der Waals surface area contributed by atoms with Crippen molar-refractivity contribution in [2.24, 2.45) is 0 Å². The van der Waals surface area contributed by atoms with E-state index in [0.29, 0.717) is 0 Å². The molecular formula is C12H11BrN2O3. The van der Waals surface area contributed by atoms with Crippen LogP contribution in [-0.2, 0) is 20.9 Å². The Balaban J connectivity index is 1.88. The van der Waals surface area contributed by atoms with Crippen LogP contribution in [0.15, 0.2) is 40.5 Å². The molecule has 0 saturated carbocycles. The van der Waals surface area contributed by atoms with Crippen LogP contribution >= 0.6 is 15.9 Å². The Labute approximate surface area is 112 Å². The van der Waals surface area contributed by atoms with E-state index in [-0.39, 0.29) is 24.6 Å². The van der Waals surface area contributed by atoms with Gasteiger partial charge in [0.25, 0.3) is 0 Å². The number of hydrazine groups is 1. The summed E-state index contributed by atoms with van der Waals surface area (Å²) in [4.78, 5) is 22.5. The number of ether oxygens (including phenoxy) is 1. The molecule has 0 unspecified atom stereocenters. The average Bonchev–Trinajstić information content (AvgIpc) is 2.38. The first kappa shape index (κ1) is 12.6. The van der Waals surface area contributed by atoms with Crippen LogP contribution in [0.4, 0.5) is 0 Å². The first-order chi connectivity index (χ1) is 8.65. The number of amides is 1. The van der Waals surface area contributed by atoms with Crippen LogP contribution in [0.5, 0.6) is 0 Å². The summed E-state index contributed by atoms with van der Waals surface area (Å²) in [5.41, 5.74) is 6.00. The molecule has 0 atom stereocenters. The minimum Gasteiger partial charge on any atom is -0.456 e. The SMILES string of the molecule is O=C1CC=C(C(=O)OCc2ccc(Br)cc2)NN1. The van der Waals surface area contributed by atoms with Crippen molar-refractivity contribution in [3.05, 3.63) is 46.1 Å². The van der Waals surface area contributed by atoms with Crippen LogP contribution < -0.4 is 10.9 Å². The largest absolute Gasteiger partial charge is 0.456 e. The quantitative estimate of drug-likeness (QED) is 0.828. The number of carbonyl (C=O) groups excluding carboxylic acids is 2. The number of rotatable bonds is 3. The maximum Gasteiger partial charge on any atom is 0.356 e. The molecule has 1 heterocycles. The van der Waals surface area contributed by atoms with Crippen LogP contribution in [0.1, 0.15) is 12.0 Å². The molecule has 18 heavy (non-hydrogen) atoms. The molecule has 94 valence electrons. The maximum absolute atomic E-state index is 11.6. The van der Waals surface area contributed by atoms with E-state index in [1.54, 1.807) is 0 Å². The van der Waals surface area contributed by atoms with E-state index in [2.05, 4.69) is 26.8 Å². The van der Waals surface area contributed by atoms with E-state index in [0.717, 1.165) is 10.0 Å². The summed E-state index contributed by atoms with van der Waals surface area (Å²) in [6.45, 7) is 0.194. The Morgan fingerprint density at radius 2 is 2.00 bits per heavy atom. The van der Waals surface area contributed by atoms with Crippen LogP contribution in [0.2, 0.25) is 0 Å². The number of hydrogen-bond acceptors (Lipinski definition) is 4. The Bertz CT molecular complexity index is 497. The fraction of sp³-hybridized carbons (Fsp3) is 0.167. The Morgan fingerprint density at radius 3 is 2.61 bits per heavy atom. The van der Waals surface area contributed by atoms with Crippen LogP contribution in [0, 0.1) is 0 Å². The molecule has 2 rings (SSSR count). The zero-order valence-electron chi connectivity index (χ0n) is 9.40. The third-order valence-corrected chi connectivity index (χ3v) is 2.86. The third-order valence-electron chi connectivity index (χ3n) is 2.33. The van der Waals surface area contributed by atoms with Crippen molar-refractivity contribution >= 4 is 27.8 Å². The maximum atomic E-state index is 11.6. The smallest absolute Gasteiger partial charge is 0.356 e. The molecule has 0 bridgehead atoms. The normalized spacial score (nSPS) is 14.3. The van der Waals surface area contributed by atoms with Gasteiger partial charge >= 0.3 is 5.97 Å². The number of halogens is 1. The molecule has 0 radical (unpaired) electrons. The first-order valence-corrected chi connectivity index (χ1v) is 6.11. The molecule has 1 aliphatic rings. The fourth-order valence-corrected chi connectivity index (χ4v) is 1.64. The van der Waals surface area contributed by atoms with Gasteiger partial charge in [0.15, 0.2) is 0 Å². The highest BCUT2D eigenvalue weighted by Crippen LogP contribution is 2.11. The van der Waals surface area contributed by atoms with Crippen molar-refractivity contribution in [3.8, 4) is 0 Å². The van der Waals surface area contributed by atoms with Crippen LogP contribution in [-0.4, -0.2) is 11.9 Å². The predicted molar refractivity (Wildman–Crippen MR) is 67.9 cm³/mol. The molecule has 0 aromatic heterocycles. The molecule has 0 fully saturated rings. The molecule has 1 aromatic rings. The van der Waals surface area contributed by atoms with Crippen molar-refractivity contribution in [1.29, 1.82) is 0 Å². The van der Waals surface area contributed by atoms with Crippen LogP contribution in [0.3, 0.4) is 0 Å². The van der Waals surface area contributed by atoms with Gasteiger partial charge < -0.3 is 4.74 Å². The molecular weight excluding hydrogens is 300 g/mol. The summed E-state index contributed by atoms with van der Waals surface area (Å²) in [7, 11) is 0. The van der Waals surface area contributed by atoms with Gasteiger partial charge in [-0.25, -0.2) is 4.79 Å². The summed E-state index contributed by atoms with van der Waals surface area (Å²) in [5.74, 6) is -0.669. The third kappa shape index (κ3) is 3.33. The van der Waals surface area contributed by atoms with E-state index >= 15 is 0 Å². The van der Waals surface area contributed by atoms with Gasteiger partial charge in [0, 0.05) is 10.9 Å². The lowest BCUT2D eigenvalue weighted by atomic mass is 10.2. The van der Waals surface area contributed by atoms with Crippen molar-refractivity contribution in [2.75, 3.05) is 0 Å². The molecule has 1 aromatic carbocycles. The summed E-state index contributed by atoms with van der Waals surface area (Å²) < 4.78 is 6.08. The van der Waals surface area contributed by atoms with Gasteiger partial charge in [-0.1, -0.05) is 28.1 Å². The number of esters is 1. The summed E-state index contributed by atoms with van der Waals surface area (Å²) in [6.07, 6.45) is 1.68. The van der Waals surface area contributed by atoms with Gasteiger partial charge in [0.1, 0.15) is 12.3 Å². The monoisotopic (exact) mass is 310 g/mol. The fourth-order valence-electron chi connectivity index (χ4n) is 1.38. The molecule has 5 nitrogen and oxygen atoms in total. The number of carbonyl (C=O) groups is 2. The highest BCUT2D eigenvalue weighted by Gasteiger charge is 2.16. The molecule has 2 N–H and O–H groups in total. The van der Waals surface area contributed by atoms with Crippen molar-refractivity contribution in [1.82, 2.24) is 10.9 Å². The molecule has 0 saturated heterocycles. The van der Waals surface area contributed by atoms with E-state index in [1.165, 1.54) is 6.08 Å². The van der Waals surface area contributed by atoms with E-state index in [9.17, 15) is 9.59 Å². The van der Waals surface area contributed by atoms with Gasteiger partial charge in [-0.05, 0) is 23.8 Å². The van der Waals surface area contributed by atoms with Gasteiger partial charge in [-0.3, -0.25) is 15.6 Å². The first-order valence-electron chi connectivity index (χ1n) is 5.32. The molecule has 0 aliphatic carbocycles. The van der Waals surface area contributed by atoms with Gasteiger partial charge in [-0.2, -0.15) is 0 Å². The Kier molecular flexibility index (Phi) is 3.99. The topological polar surface area (TPSA) is 67.4 Å². The van der Waals surface area contributed by atoms with Gasteiger partial charge in [0.2, 0.25) is 5.91 Å². The van der Waals surface area contributed by atoms with E-state index in [1.807, 2.05) is 24.3 Å². The molecule has 6 heteroatoms. The number of benzene rings is 1. The summed E-state index contributed by atoms with van der Waals surface area (Å²) >= 11 is 3.33. The minimum atomic E-state index is -0.488. The highest BCUT2D eigenvalue weighted by atomic mass is 79.9. The molecule has 1 aliphatic heterocycles. The van der Waals surface area contributed by atoms with Crippen LogP contribution in [0.25, 0.3) is 0 Å². The average molecular weight is 311 g/mol. The summed E-state index contributed by atoms with van der Waals surface area (Å²) in [5, 5.41) is 0. The van der Waals surface area contributed by atoms with Gasteiger partial charge in [-0.15, -0.1) is 0 Å². The molecule has 1 amide bonds. The lowest BCUT2D eigenvalue weighted by molar-refractivity contribution is -0.141. The second kappa shape index (κ2) is 5.68. The number of nitrogens with one attached hydrogen (secondary N) is 2. The second-order valence-corrected chi connectivity index (χ2v) is 4.61. The zero-order valence-corrected chi connectivity index (χ0v) is 11.0. The van der Waals surface area contributed by atoms with Gasteiger partial charge in [0.05, 0.1) is 0 Å². The number of hydrogen-bond donors (Lipinski definition) is 2. The Morgan fingerprint density at radius 1 is 1.28 bits per heavy atom. The second-order valence-electron chi connectivity index (χ2n) is 3.70. The van der Waals surface area contributed by atoms with E-state index in [4.69, 9.17) is 4.74 Å². The lowest BCUT2D eigenvalue weighted by Crippen LogP contribution is -2.42. The standard InChI is InChI=1S/C12H11BrN2O3/c13-9-3-1-8(2-4-9)7-18-12(17)10-5-6-11(16)15-14-10/h1-5,14H,6-7H2,(H,15,16). The highest BCUT2D eigenvalue weighted by molar-refractivity contribution is 9.10. The van der Waals surface area contributed by atoms with Crippen molar-refractivity contribution < 1.29 is 14.3 Å². The summed E-state index contributed by atoms with van der Waals surface area (Å²) in [6, 6.07) is 7.48. The predicted octanol–water partition coefficient (Wildman–Crippen LogP) is 1.40. The van der Waals surface area contributed by atoms with E-state index < -0.39 is 5.97 Å². The Hall–Kier alpha value is -1.82.